The number of likely N-dealkylation sites (tertiary alicyclic amines) is 1. The zero-order valence-electron chi connectivity index (χ0n) is 12.1. The Morgan fingerprint density at radius 3 is 3.10 bits per heavy atom. The molecule has 3 nitrogen and oxygen atoms in total. The van der Waals surface area contributed by atoms with E-state index in [0.717, 1.165) is 30.7 Å². The van der Waals surface area contributed by atoms with Crippen molar-refractivity contribution in [1.82, 2.24) is 4.90 Å². The Morgan fingerprint density at radius 2 is 2.33 bits per heavy atom. The Hall–Kier alpha value is -1.81. The molecule has 0 N–H and O–H groups in total. The zero-order valence-corrected chi connectivity index (χ0v) is 12.9. The molecule has 1 aromatic carbocycles. The van der Waals surface area contributed by atoms with Crippen molar-refractivity contribution in [3.8, 4) is 5.75 Å². The van der Waals surface area contributed by atoms with Gasteiger partial charge in [0.05, 0.1) is 19.6 Å². The second kappa shape index (κ2) is 6.31. The Labute approximate surface area is 129 Å². The minimum atomic E-state index is 0.186. The standard InChI is InChI=1S/C17H19NO2S/c1-20-15-5-2-4-14(11-15)16-6-3-8-18(16)17(19)10-13-7-9-21-12-13/h2,4-5,7,9,11-12,16H,3,6,8,10H2,1H3/t16-/m1/s1. The second-order valence-electron chi connectivity index (χ2n) is 5.33. The van der Waals surface area contributed by atoms with Gasteiger partial charge in [-0.15, -0.1) is 0 Å². The zero-order chi connectivity index (χ0) is 14.7. The van der Waals surface area contributed by atoms with Crippen LogP contribution < -0.4 is 4.74 Å². The molecule has 1 atom stereocenters. The van der Waals surface area contributed by atoms with Crippen LogP contribution in [0.25, 0.3) is 0 Å². The van der Waals surface area contributed by atoms with Gasteiger partial charge in [0, 0.05) is 6.54 Å². The summed E-state index contributed by atoms with van der Waals surface area (Å²) in [6, 6.07) is 10.3. The minimum Gasteiger partial charge on any atom is -0.497 e. The summed E-state index contributed by atoms with van der Waals surface area (Å²) in [6.45, 7) is 0.852. The maximum Gasteiger partial charge on any atom is 0.227 e. The van der Waals surface area contributed by atoms with Gasteiger partial charge in [-0.05, 0) is 52.9 Å². The number of nitrogens with zero attached hydrogens (tertiary/aromatic N) is 1. The second-order valence-corrected chi connectivity index (χ2v) is 6.11. The van der Waals surface area contributed by atoms with Crippen LogP contribution in [0.4, 0.5) is 0 Å². The molecule has 1 aromatic heterocycles. The van der Waals surface area contributed by atoms with E-state index in [2.05, 4.69) is 11.4 Å². The van der Waals surface area contributed by atoms with E-state index in [1.54, 1.807) is 18.4 Å². The van der Waals surface area contributed by atoms with Crippen LogP contribution >= 0.6 is 11.3 Å². The molecule has 2 heterocycles. The monoisotopic (exact) mass is 301 g/mol. The minimum absolute atomic E-state index is 0.186. The molecule has 0 saturated carbocycles. The highest BCUT2D eigenvalue weighted by Crippen LogP contribution is 2.33. The van der Waals surface area contributed by atoms with E-state index in [1.165, 1.54) is 5.56 Å². The number of thiophene rings is 1. The van der Waals surface area contributed by atoms with Crippen molar-refractivity contribution in [2.24, 2.45) is 0 Å². The molecule has 1 aliphatic rings. The lowest BCUT2D eigenvalue weighted by Gasteiger charge is -2.25. The molecular weight excluding hydrogens is 282 g/mol. The number of carbonyl (C=O) groups excluding carboxylic acids is 1. The SMILES string of the molecule is COc1cccc([C@H]2CCCN2C(=O)Cc2ccsc2)c1. The van der Waals surface area contributed by atoms with E-state index in [4.69, 9.17) is 4.74 Å². The first-order valence-electron chi connectivity index (χ1n) is 7.22. The highest BCUT2D eigenvalue weighted by Gasteiger charge is 2.29. The van der Waals surface area contributed by atoms with Crippen LogP contribution in [0.5, 0.6) is 5.75 Å². The van der Waals surface area contributed by atoms with Crippen molar-refractivity contribution >= 4 is 17.2 Å². The Bertz CT molecular complexity index is 609. The van der Waals surface area contributed by atoms with Crippen LogP contribution in [-0.4, -0.2) is 24.5 Å². The average molecular weight is 301 g/mol. The van der Waals surface area contributed by atoms with Crippen LogP contribution in [0, 0.1) is 0 Å². The van der Waals surface area contributed by atoms with Gasteiger partial charge in [0.1, 0.15) is 5.75 Å². The van der Waals surface area contributed by atoms with E-state index < -0.39 is 0 Å². The Kier molecular flexibility index (Phi) is 4.25. The maximum absolute atomic E-state index is 12.6. The lowest BCUT2D eigenvalue weighted by molar-refractivity contribution is -0.131. The summed E-state index contributed by atoms with van der Waals surface area (Å²) >= 11 is 1.64. The highest BCUT2D eigenvalue weighted by molar-refractivity contribution is 7.07. The quantitative estimate of drug-likeness (QED) is 0.862. The number of hydrogen-bond donors (Lipinski definition) is 0. The number of benzene rings is 1. The van der Waals surface area contributed by atoms with Gasteiger partial charge in [0.15, 0.2) is 0 Å². The molecule has 0 unspecified atom stereocenters. The van der Waals surface area contributed by atoms with Gasteiger partial charge in [-0.2, -0.15) is 11.3 Å². The average Bonchev–Trinajstić information content (AvgIpc) is 3.18. The van der Waals surface area contributed by atoms with Gasteiger partial charge in [0.2, 0.25) is 5.91 Å². The number of hydrogen-bond acceptors (Lipinski definition) is 3. The molecule has 4 heteroatoms. The normalized spacial score (nSPS) is 18.0. The van der Waals surface area contributed by atoms with Crippen molar-refractivity contribution in [3.63, 3.8) is 0 Å². The van der Waals surface area contributed by atoms with Crippen molar-refractivity contribution in [3.05, 3.63) is 52.2 Å². The van der Waals surface area contributed by atoms with Gasteiger partial charge in [-0.1, -0.05) is 12.1 Å². The molecule has 0 radical (unpaired) electrons. The van der Waals surface area contributed by atoms with Crippen molar-refractivity contribution in [2.75, 3.05) is 13.7 Å². The van der Waals surface area contributed by atoms with Crippen molar-refractivity contribution in [2.45, 2.75) is 25.3 Å². The molecule has 2 aromatic rings. The maximum atomic E-state index is 12.6. The van der Waals surface area contributed by atoms with Gasteiger partial charge < -0.3 is 9.64 Å². The Morgan fingerprint density at radius 1 is 1.43 bits per heavy atom. The van der Waals surface area contributed by atoms with Crippen LogP contribution in [0.15, 0.2) is 41.1 Å². The molecule has 0 spiro atoms. The number of carbonyl (C=O) groups is 1. The van der Waals surface area contributed by atoms with Gasteiger partial charge in [-0.25, -0.2) is 0 Å². The molecular formula is C17H19NO2S. The van der Waals surface area contributed by atoms with Crippen LogP contribution in [-0.2, 0) is 11.2 Å². The predicted molar refractivity (Wildman–Crippen MR) is 84.7 cm³/mol. The fourth-order valence-corrected chi connectivity index (χ4v) is 3.60. The molecule has 1 fully saturated rings. The third-order valence-corrected chi connectivity index (χ3v) is 4.72. The molecule has 1 aliphatic heterocycles. The first-order chi connectivity index (χ1) is 10.3. The summed E-state index contributed by atoms with van der Waals surface area (Å²) in [5, 5.41) is 4.07. The van der Waals surface area contributed by atoms with Crippen molar-refractivity contribution in [1.29, 1.82) is 0 Å². The lowest BCUT2D eigenvalue weighted by Crippen LogP contribution is -2.31. The van der Waals surface area contributed by atoms with E-state index in [-0.39, 0.29) is 11.9 Å². The number of rotatable bonds is 4. The predicted octanol–water partition coefficient (Wildman–Crippen LogP) is 3.66. The Balaban J connectivity index is 1.76. The van der Waals surface area contributed by atoms with Crippen LogP contribution in [0.2, 0.25) is 0 Å². The highest BCUT2D eigenvalue weighted by atomic mass is 32.1. The number of amides is 1. The molecule has 1 saturated heterocycles. The van der Waals surface area contributed by atoms with E-state index in [1.807, 2.05) is 34.5 Å². The summed E-state index contributed by atoms with van der Waals surface area (Å²) in [6.07, 6.45) is 2.60. The summed E-state index contributed by atoms with van der Waals surface area (Å²) in [5.41, 5.74) is 2.28. The summed E-state index contributed by atoms with van der Waals surface area (Å²) in [7, 11) is 1.67. The first kappa shape index (κ1) is 14.1. The topological polar surface area (TPSA) is 29.5 Å². The molecule has 0 bridgehead atoms. The fourth-order valence-electron chi connectivity index (χ4n) is 2.93. The molecule has 1 amide bonds. The van der Waals surface area contributed by atoms with E-state index in [0.29, 0.717) is 6.42 Å². The van der Waals surface area contributed by atoms with Crippen LogP contribution in [0.3, 0.4) is 0 Å². The summed E-state index contributed by atoms with van der Waals surface area (Å²) < 4.78 is 5.29. The third kappa shape index (κ3) is 3.10. The molecule has 110 valence electrons. The number of ether oxygens (including phenoxy) is 1. The molecule has 3 rings (SSSR count). The summed E-state index contributed by atoms with van der Waals surface area (Å²) in [5.74, 6) is 1.07. The van der Waals surface area contributed by atoms with Gasteiger partial charge >= 0.3 is 0 Å². The molecule has 21 heavy (non-hydrogen) atoms. The van der Waals surface area contributed by atoms with E-state index in [9.17, 15) is 4.79 Å². The third-order valence-electron chi connectivity index (χ3n) is 3.99. The van der Waals surface area contributed by atoms with E-state index >= 15 is 0 Å². The first-order valence-corrected chi connectivity index (χ1v) is 8.16. The summed E-state index contributed by atoms with van der Waals surface area (Å²) in [4.78, 5) is 14.6. The van der Waals surface area contributed by atoms with Gasteiger partial charge in [-0.3, -0.25) is 4.79 Å². The fraction of sp³-hybridized carbons (Fsp3) is 0.353. The lowest BCUT2D eigenvalue weighted by atomic mass is 10.0. The largest absolute Gasteiger partial charge is 0.497 e. The number of methoxy groups -OCH3 is 1. The van der Waals surface area contributed by atoms with Crippen molar-refractivity contribution < 1.29 is 9.53 Å². The smallest absolute Gasteiger partial charge is 0.227 e. The molecule has 0 aliphatic carbocycles. The van der Waals surface area contributed by atoms with Gasteiger partial charge in [0.25, 0.3) is 0 Å². The van der Waals surface area contributed by atoms with Crippen LogP contribution in [0.1, 0.15) is 30.0 Å².